The molecule has 2 nitrogen and oxygen atoms in total. The first kappa shape index (κ1) is 11.9. The summed E-state index contributed by atoms with van der Waals surface area (Å²) in [7, 11) is 0. The molecular formula is C10H22O2. The lowest BCUT2D eigenvalue weighted by molar-refractivity contribution is -0.0421. The first-order valence-corrected chi connectivity index (χ1v) is 4.63. The zero-order valence-corrected chi connectivity index (χ0v) is 8.98. The maximum atomic E-state index is 9.64. The van der Waals surface area contributed by atoms with Gasteiger partial charge in [0.1, 0.15) is 0 Å². The smallest absolute Gasteiger partial charge is 0.0639 e. The monoisotopic (exact) mass is 174 g/mol. The van der Waals surface area contributed by atoms with Crippen molar-refractivity contribution in [2.45, 2.75) is 58.7 Å². The second-order valence-corrected chi connectivity index (χ2v) is 4.56. The molecule has 0 aromatic heterocycles. The fourth-order valence-electron chi connectivity index (χ4n) is 0.754. The van der Waals surface area contributed by atoms with Gasteiger partial charge in [-0.2, -0.15) is 0 Å². The van der Waals surface area contributed by atoms with Crippen molar-refractivity contribution in [1.82, 2.24) is 0 Å². The van der Waals surface area contributed by atoms with Crippen LogP contribution in [0.25, 0.3) is 0 Å². The average molecular weight is 174 g/mol. The summed E-state index contributed by atoms with van der Waals surface area (Å²) in [4.78, 5) is 0. The standard InChI is InChI=1S/C10H22O2/c1-6-10(5,11)7-8-12-9(2,3)4/h11H,6-8H2,1-5H3. The Morgan fingerprint density at radius 3 is 2.00 bits per heavy atom. The minimum Gasteiger partial charge on any atom is -0.390 e. The van der Waals surface area contributed by atoms with Gasteiger partial charge in [-0.15, -0.1) is 0 Å². The Kier molecular flexibility index (Phi) is 4.21. The molecule has 0 aliphatic carbocycles. The van der Waals surface area contributed by atoms with Crippen LogP contribution in [0.5, 0.6) is 0 Å². The van der Waals surface area contributed by atoms with Gasteiger partial charge in [0.2, 0.25) is 0 Å². The first-order valence-electron chi connectivity index (χ1n) is 4.63. The highest BCUT2D eigenvalue weighted by atomic mass is 16.5. The fourth-order valence-corrected chi connectivity index (χ4v) is 0.754. The molecule has 0 spiro atoms. The topological polar surface area (TPSA) is 29.5 Å². The third-order valence-electron chi connectivity index (χ3n) is 1.94. The predicted molar refractivity (Wildman–Crippen MR) is 51.2 cm³/mol. The summed E-state index contributed by atoms with van der Waals surface area (Å²) >= 11 is 0. The molecule has 0 rings (SSSR count). The Morgan fingerprint density at radius 2 is 1.67 bits per heavy atom. The molecule has 0 radical (unpaired) electrons. The molecule has 0 heterocycles. The normalized spacial score (nSPS) is 17.5. The second kappa shape index (κ2) is 4.24. The molecular weight excluding hydrogens is 152 g/mol. The maximum absolute atomic E-state index is 9.64. The van der Waals surface area contributed by atoms with Crippen LogP contribution in [0.15, 0.2) is 0 Å². The van der Waals surface area contributed by atoms with Crippen molar-refractivity contribution in [1.29, 1.82) is 0 Å². The number of hydrogen-bond donors (Lipinski definition) is 1. The molecule has 0 bridgehead atoms. The van der Waals surface area contributed by atoms with Crippen molar-refractivity contribution in [2.24, 2.45) is 0 Å². The van der Waals surface area contributed by atoms with Gasteiger partial charge in [0.15, 0.2) is 0 Å². The fraction of sp³-hybridized carbons (Fsp3) is 1.00. The van der Waals surface area contributed by atoms with E-state index in [-0.39, 0.29) is 5.60 Å². The number of aliphatic hydroxyl groups is 1. The van der Waals surface area contributed by atoms with Gasteiger partial charge in [-0.3, -0.25) is 0 Å². The van der Waals surface area contributed by atoms with Crippen LogP contribution in [0.3, 0.4) is 0 Å². The molecule has 0 fully saturated rings. The molecule has 1 N–H and O–H groups in total. The highest BCUT2D eigenvalue weighted by Crippen LogP contribution is 2.15. The Balaban J connectivity index is 3.57. The van der Waals surface area contributed by atoms with Crippen molar-refractivity contribution in [3.05, 3.63) is 0 Å². The molecule has 74 valence electrons. The van der Waals surface area contributed by atoms with Crippen LogP contribution < -0.4 is 0 Å². The number of hydrogen-bond acceptors (Lipinski definition) is 2. The average Bonchev–Trinajstić information content (AvgIpc) is 1.84. The lowest BCUT2D eigenvalue weighted by Gasteiger charge is -2.25. The summed E-state index contributed by atoms with van der Waals surface area (Å²) in [5.41, 5.74) is -0.658. The SMILES string of the molecule is CCC(C)(O)CCOC(C)(C)C. The Bertz CT molecular complexity index is 122. The number of ether oxygens (including phenoxy) is 1. The second-order valence-electron chi connectivity index (χ2n) is 4.56. The lowest BCUT2D eigenvalue weighted by Crippen LogP contribution is -2.28. The highest BCUT2D eigenvalue weighted by Gasteiger charge is 2.18. The van der Waals surface area contributed by atoms with E-state index in [9.17, 15) is 5.11 Å². The van der Waals surface area contributed by atoms with Crippen LogP contribution in [0.1, 0.15) is 47.5 Å². The van der Waals surface area contributed by atoms with Crippen molar-refractivity contribution in [3.63, 3.8) is 0 Å². The van der Waals surface area contributed by atoms with Crippen molar-refractivity contribution in [2.75, 3.05) is 6.61 Å². The van der Waals surface area contributed by atoms with Crippen LogP contribution in [0, 0.1) is 0 Å². The Hall–Kier alpha value is -0.0800. The molecule has 0 aromatic rings. The van der Waals surface area contributed by atoms with Gasteiger partial charge in [0.25, 0.3) is 0 Å². The van der Waals surface area contributed by atoms with Crippen molar-refractivity contribution < 1.29 is 9.84 Å². The predicted octanol–water partition coefficient (Wildman–Crippen LogP) is 2.35. The molecule has 0 aliphatic rings. The first-order chi connectivity index (χ1) is 5.27. The Morgan fingerprint density at radius 1 is 1.17 bits per heavy atom. The van der Waals surface area contributed by atoms with Gasteiger partial charge in [0.05, 0.1) is 11.2 Å². The van der Waals surface area contributed by atoms with Crippen LogP contribution in [-0.2, 0) is 4.74 Å². The van der Waals surface area contributed by atoms with E-state index in [0.29, 0.717) is 13.0 Å². The third kappa shape index (κ3) is 6.62. The van der Waals surface area contributed by atoms with Crippen LogP contribution in [0.4, 0.5) is 0 Å². The molecule has 0 aromatic carbocycles. The minimum atomic E-state index is -0.564. The summed E-state index contributed by atoms with van der Waals surface area (Å²) in [5, 5.41) is 9.64. The van der Waals surface area contributed by atoms with E-state index in [2.05, 4.69) is 0 Å². The van der Waals surface area contributed by atoms with Crippen LogP contribution >= 0.6 is 0 Å². The van der Waals surface area contributed by atoms with E-state index in [1.807, 2.05) is 34.6 Å². The summed E-state index contributed by atoms with van der Waals surface area (Å²) in [6.07, 6.45) is 1.49. The van der Waals surface area contributed by atoms with E-state index in [1.54, 1.807) is 0 Å². The summed E-state index contributed by atoms with van der Waals surface area (Å²) in [6, 6.07) is 0. The zero-order chi connectivity index (χ0) is 9.83. The highest BCUT2D eigenvalue weighted by molar-refractivity contribution is 4.70. The van der Waals surface area contributed by atoms with Crippen LogP contribution in [-0.4, -0.2) is 22.9 Å². The van der Waals surface area contributed by atoms with E-state index < -0.39 is 5.60 Å². The molecule has 2 heteroatoms. The summed E-state index contributed by atoms with van der Waals surface area (Å²) < 4.78 is 5.51. The van der Waals surface area contributed by atoms with Crippen molar-refractivity contribution in [3.8, 4) is 0 Å². The van der Waals surface area contributed by atoms with Gasteiger partial charge in [0, 0.05) is 6.61 Å². The quantitative estimate of drug-likeness (QED) is 0.709. The van der Waals surface area contributed by atoms with E-state index in [1.165, 1.54) is 0 Å². The molecule has 1 unspecified atom stereocenters. The molecule has 1 atom stereocenters. The Labute approximate surface area is 75.9 Å². The largest absolute Gasteiger partial charge is 0.390 e. The molecule has 0 saturated carbocycles. The van der Waals surface area contributed by atoms with Crippen molar-refractivity contribution >= 4 is 0 Å². The zero-order valence-electron chi connectivity index (χ0n) is 8.98. The maximum Gasteiger partial charge on any atom is 0.0639 e. The number of rotatable bonds is 4. The van der Waals surface area contributed by atoms with Gasteiger partial charge < -0.3 is 9.84 Å². The van der Waals surface area contributed by atoms with E-state index >= 15 is 0 Å². The van der Waals surface area contributed by atoms with Gasteiger partial charge in [-0.05, 0) is 40.5 Å². The molecule has 12 heavy (non-hydrogen) atoms. The molecule has 0 saturated heterocycles. The van der Waals surface area contributed by atoms with Crippen LogP contribution in [0.2, 0.25) is 0 Å². The van der Waals surface area contributed by atoms with E-state index in [0.717, 1.165) is 6.42 Å². The molecule has 0 amide bonds. The summed E-state index contributed by atoms with van der Waals surface area (Å²) in [6.45, 7) is 10.5. The third-order valence-corrected chi connectivity index (χ3v) is 1.94. The summed E-state index contributed by atoms with van der Waals surface area (Å²) in [5.74, 6) is 0. The minimum absolute atomic E-state index is 0.0934. The molecule has 0 aliphatic heterocycles. The van der Waals surface area contributed by atoms with Gasteiger partial charge in [-0.25, -0.2) is 0 Å². The van der Waals surface area contributed by atoms with E-state index in [4.69, 9.17) is 4.74 Å². The van der Waals surface area contributed by atoms with Gasteiger partial charge in [-0.1, -0.05) is 6.92 Å². The lowest BCUT2D eigenvalue weighted by atomic mass is 10.00. The van der Waals surface area contributed by atoms with Gasteiger partial charge >= 0.3 is 0 Å².